The normalized spacial score (nSPS) is 49.1. The fraction of sp³-hybridized carbons (Fsp3) is 0.714. The van der Waals surface area contributed by atoms with Crippen molar-refractivity contribution in [1.82, 2.24) is 0 Å². The zero-order valence-electron chi connectivity index (χ0n) is 23.0. The Labute approximate surface area is 230 Å². The van der Waals surface area contributed by atoms with Crippen LogP contribution in [0.15, 0.2) is 23.0 Å². The van der Waals surface area contributed by atoms with Crippen LogP contribution in [0, 0.1) is 28.6 Å². The molecule has 11 atom stereocenters. The van der Waals surface area contributed by atoms with Gasteiger partial charge in [0.1, 0.15) is 17.8 Å². The highest BCUT2D eigenvalue weighted by atomic mass is 16.6. The Hall–Kier alpha value is -2.80. The van der Waals surface area contributed by atoms with E-state index in [9.17, 15) is 34.5 Å². The highest BCUT2D eigenvalue weighted by Crippen LogP contribution is 2.72. The van der Waals surface area contributed by atoms with Crippen molar-refractivity contribution in [2.75, 3.05) is 20.3 Å². The molecule has 3 saturated heterocycles. The van der Waals surface area contributed by atoms with Crippen molar-refractivity contribution in [3.63, 3.8) is 0 Å². The number of esters is 3. The molecule has 11 unspecified atom stereocenters. The predicted octanol–water partition coefficient (Wildman–Crippen LogP) is 0.286. The molecule has 0 aromatic carbocycles. The van der Waals surface area contributed by atoms with Crippen molar-refractivity contribution in [3.8, 4) is 0 Å². The summed E-state index contributed by atoms with van der Waals surface area (Å²) in [5.41, 5.74) is -4.23. The molecule has 0 aromatic heterocycles. The number of allylic oxidation sites excluding steroid dienone is 2. The third-order valence-corrected chi connectivity index (χ3v) is 10.8. The van der Waals surface area contributed by atoms with Crippen molar-refractivity contribution in [1.29, 1.82) is 0 Å². The molecular formula is C28H34O12. The maximum Gasteiger partial charge on any atom is 0.348 e. The van der Waals surface area contributed by atoms with Crippen molar-refractivity contribution >= 4 is 23.7 Å². The van der Waals surface area contributed by atoms with Gasteiger partial charge in [-0.2, -0.15) is 0 Å². The highest BCUT2D eigenvalue weighted by Gasteiger charge is 2.85. The summed E-state index contributed by atoms with van der Waals surface area (Å²) >= 11 is 0. The first-order valence-corrected chi connectivity index (χ1v) is 13.4. The van der Waals surface area contributed by atoms with Gasteiger partial charge in [-0.3, -0.25) is 4.79 Å². The number of hydrogen-bond donors (Lipinski definition) is 3. The molecule has 218 valence electrons. The summed E-state index contributed by atoms with van der Waals surface area (Å²) in [6, 6.07) is 0. The Morgan fingerprint density at radius 2 is 1.77 bits per heavy atom. The number of aliphatic hydroxyl groups excluding tert-OH is 3. The van der Waals surface area contributed by atoms with E-state index in [0.29, 0.717) is 17.8 Å². The summed E-state index contributed by atoms with van der Waals surface area (Å²) < 4.78 is 28.1. The van der Waals surface area contributed by atoms with Gasteiger partial charge < -0.3 is 39.0 Å². The van der Waals surface area contributed by atoms with Gasteiger partial charge in [-0.05, 0) is 49.7 Å². The summed E-state index contributed by atoms with van der Waals surface area (Å²) in [5.74, 6) is -6.43. The van der Waals surface area contributed by atoms with Crippen LogP contribution < -0.4 is 0 Å². The number of hydrogen-bond acceptors (Lipinski definition) is 12. The average Bonchev–Trinajstić information content (AvgIpc) is 3.58. The van der Waals surface area contributed by atoms with Crippen LogP contribution in [0.1, 0.15) is 40.5 Å². The van der Waals surface area contributed by atoms with Gasteiger partial charge in [0.2, 0.25) is 11.7 Å². The van der Waals surface area contributed by atoms with E-state index in [1.807, 2.05) is 0 Å². The second-order valence-corrected chi connectivity index (χ2v) is 12.6. The van der Waals surface area contributed by atoms with E-state index in [-0.39, 0.29) is 25.2 Å². The Kier molecular flexibility index (Phi) is 5.73. The van der Waals surface area contributed by atoms with Crippen LogP contribution in [-0.4, -0.2) is 95.0 Å². The second kappa shape index (κ2) is 8.37. The van der Waals surface area contributed by atoms with Crippen LogP contribution in [0.3, 0.4) is 0 Å². The van der Waals surface area contributed by atoms with Crippen molar-refractivity contribution in [3.05, 3.63) is 23.0 Å². The molecule has 0 aromatic rings. The lowest BCUT2D eigenvalue weighted by molar-refractivity contribution is -0.290. The van der Waals surface area contributed by atoms with Gasteiger partial charge in [0.05, 0.1) is 32.3 Å². The zero-order chi connectivity index (χ0) is 29.2. The van der Waals surface area contributed by atoms with Gasteiger partial charge in [-0.1, -0.05) is 6.92 Å². The lowest BCUT2D eigenvalue weighted by Crippen LogP contribution is -2.79. The minimum absolute atomic E-state index is 0.152. The number of ketones is 1. The Morgan fingerprint density at radius 3 is 2.40 bits per heavy atom. The molecule has 2 bridgehead atoms. The van der Waals surface area contributed by atoms with E-state index >= 15 is 0 Å². The molecule has 12 nitrogen and oxygen atoms in total. The SMILES string of the molecule is COC(=O)C12OCC34C(CC5C(C)=C(O)C(=O)CC5(C)C3C(O)C1O)OC(=O)C(OC(=O)C=C(C)C1(C)CO1)C24. The van der Waals surface area contributed by atoms with Gasteiger partial charge in [0.15, 0.2) is 11.5 Å². The number of fused-ring (bicyclic) bond motifs is 2. The Balaban J connectivity index is 1.51. The predicted molar refractivity (Wildman–Crippen MR) is 131 cm³/mol. The maximum absolute atomic E-state index is 13.6. The molecule has 5 fully saturated rings. The fourth-order valence-electron chi connectivity index (χ4n) is 8.68. The summed E-state index contributed by atoms with van der Waals surface area (Å²) in [5, 5.41) is 33.8. The van der Waals surface area contributed by atoms with Crippen LogP contribution in [0.2, 0.25) is 0 Å². The van der Waals surface area contributed by atoms with E-state index in [4.69, 9.17) is 23.7 Å². The smallest absolute Gasteiger partial charge is 0.348 e. The molecular weight excluding hydrogens is 528 g/mol. The van der Waals surface area contributed by atoms with Gasteiger partial charge >= 0.3 is 17.9 Å². The molecule has 6 rings (SSSR count). The first-order chi connectivity index (χ1) is 18.7. The number of rotatable bonds is 4. The van der Waals surface area contributed by atoms with E-state index in [0.717, 1.165) is 7.11 Å². The van der Waals surface area contributed by atoms with Crippen LogP contribution >= 0.6 is 0 Å². The molecule has 3 heterocycles. The number of ether oxygens (including phenoxy) is 5. The van der Waals surface area contributed by atoms with Crippen molar-refractivity contribution in [2.24, 2.45) is 28.6 Å². The monoisotopic (exact) mass is 562 g/mol. The molecule has 1 spiro atoms. The van der Waals surface area contributed by atoms with E-state index in [2.05, 4.69) is 0 Å². The van der Waals surface area contributed by atoms with Crippen LogP contribution in [0.25, 0.3) is 0 Å². The molecule has 3 N–H and O–H groups in total. The second-order valence-electron chi connectivity index (χ2n) is 12.6. The number of carbonyl (C=O) groups excluding carboxylic acids is 4. The summed E-state index contributed by atoms with van der Waals surface area (Å²) in [4.78, 5) is 53.0. The molecule has 40 heavy (non-hydrogen) atoms. The minimum atomic E-state index is -2.24. The van der Waals surface area contributed by atoms with E-state index in [1.54, 1.807) is 27.7 Å². The molecule has 3 aliphatic carbocycles. The molecule has 12 heteroatoms. The third kappa shape index (κ3) is 3.16. The van der Waals surface area contributed by atoms with Gasteiger partial charge in [0.25, 0.3) is 0 Å². The third-order valence-electron chi connectivity index (χ3n) is 10.8. The molecule has 0 radical (unpaired) electrons. The quantitative estimate of drug-likeness (QED) is 0.185. The molecule has 0 amide bonds. The summed E-state index contributed by atoms with van der Waals surface area (Å²) in [7, 11) is 1.09. The summed E-state index contributed by atoms with van der Waals surface area (Å²) in [6.07, 6.45) is -4.90. The number of Topliss-reactive ketones (excluding diaryl/α,β-unsaturated/α-hetero) is 1. The maximum atomic E-state index is 13.6. The lowest BCUT2D eigenvalue weighted by Gasteiger charge is -2.67. The van der Waals surface area contributed by atoms with Crippen LogP contribution in [0.5, 0.6) is 0 Å². The first kappa shape index (κ1) is 27.4. The van der Waals surface area contributed by atoms with Crippen LogP contribution in [-0.2, 0) is 42.9 Å². The molecule has 6 aliphatic rings. The van der Waals surface area contributed by atoms with Gasteiger partial charge in [0, 0.05) is 23.8 Å². The standard InChI is InChI=1S/C28H34O12/c1-11(26(4)9-37-26)6-16(30)40-19-21-27-10-38-28(21,24(35)36-5)22(33)18(32)20(27)25(3)8-14(29)17(31)12(2)13(25)7-15(27)39-23(19)34/h6,13,15,18-22,31-33H,7-10H2,1-5H3. The number of carbonyl (C=O) groups is 4. The fourth-order valence-corrected chi connectivity index (χ4v) is 8.68. The first-order valence-electron chi connectivity index (χ1n) is 13.4. The largest absolute Gasteiger partial charge is 0.504 e. The van der Waals surface area contributed by atoms with Crippen molar-refractivity contribution < 1.29 is 58.2 Å². The van der Waals surface area contributed by atoms with E-state index < -0.39 is 87.9 Å². The Morgan fingerprint density at radius 1 is 1.10 bits per heavy atom. The highest BCUT2D eigenvalue weighted by molar-refractivity contribution is 5.95. The minimum Gasteiger partial charge on any atom is -0.504 e. The number of methoxy groups -OCH3 is 1. The summed E-state index contributed by atoms with van der Waals surface area (Å²) in [6.45, 7) is 7.09. The average molecular weight is 563 g/mol. The molecule has 2 saturated carbocycles. The van der Waals surface area contributed by atoms with E-state index in [1.165, 1.54) is 6.08 Å². The Bertz CT molecular complexity index is 1280. The van der Waals surface area contributed by atoms with Crippen LogP contribution in [0.4, 0.5) is 0 Å². The zero-order valence-corrected chi connectivity index (χ0v) is 23.0. The topological polar surface area (TPSA) is 178 Å². The molecule has 3 aliphatic heterocycles. The van der Waals surface area contributed by atoms with Gasteiger partial charge in [-0.15, -0.1) is 0 Å². The number of epoxide rings is 1. The van der Waals surface area contributed by atoms with Gasteiger partial charge in [-0.25, -0.2) is 14.4 Å². The van der Waals surface area contributed by atoms with Crippen molar-refractivity contribution in [2.45, 2.75) is 76.2 Å². The lowest BCUT2D eigenvalue weighted by atomic mass is 9.38. The number of aliphatic hydroxyl groups is 3.